The van der Waals surface area contributed by atoms with Gasteiger partial charge in [-0.3, -0.25) is 4.79 Å². The van der Waals surface area contributed by atoms with Crippen LogP contribution in [-0.4, -0.2) is 36.6 Å². The summed E-state index contributed by atoms with van der Waals surface area (Å²) in [5.74, 6) is -0.156. The van der Waals surface area contributed by atoms with Crippen LogP contribution in [0.15, 0.2) is 0 Å². The lowest BCUT2D eigenvalue weighted by Gasteiger charge is -2.31. The topological polar surface area (TPSA) is 53.3 Å². The summed E-state index contributed by atoms with van der Waals surface area (Å²) in [6.45, 7) is 5.30. The number of nitriles is 1. The smallest absolute Gasteiger partial charge is 0.255 e. The largest absolute Gasteiger partial charge is 0.369 e. The van der Waals surface area contributed by atoms with Crippen molar-refractivity contribution in [1.82, 2.24) is 4.90 Å². The second-order valence-corrected chi connectivity index (χ2v) is 3.51. The molecule has 0 spiro atoms. The molecule has 0 saturated carbocycles. The van der Waals surface area contributed by atoms with Crippen LogP contribution in [0.1, 0.15) is 27.2 Å². The maximum Gasteiger partial charge on any atom is 0.255 e. The molecule has 0 aliphatic heterocycles. The molecule has 0 heterocycles. The summed E-state index contributed by atoms with van der Waals surface area (Å²) in [6.07, 6.45) is 0.588. The first-order chi connectivity index (χ1) is 6.42. The van der Waals surface area contributed by atoms with Gasteiger partial charge in [-0.25, -0.2) is 0 Å². The summed E-state index contributed by atoms with van der Waals surface area (Å²) in [5.41, 5.74) is -0.820. The summed E-state index contributed by atoms with van der Waals surface area (Å²) in [6, 6.07) is 1.59. The van der Waals surface area contributed by atoms with Crippen molar-refractivity contribution in [3.05, 3.63) is 0 Å². The maximum absolute atomic E-state index is 11.9. The van der Waals surface area contributed by atoms with Crippen LogP contribution >= 0.6 is 0 Å². The summed E-state index contributed by atoms with van der Waals surface area (Å²) in [4.78, 5) is 13.3. The standard InChI is InChI=1S/C10H18N2O2/c1-6-10(3,14-5)9(13)12(4)8(2)7-11/h8H,6H2,1-5H3. The quantitative estimate of drug-likeness (QED) is 0.681. The molecule has 0 aliphatic rings. The van der Waals surface area contributed by atoms with Gasteiger partial charge in [-0.15, -0.1) is 0 Å². The molecule has 0 aromatic rings. The van der Waals surface area contributed by atoms with Gasteiger partial charge < -0.3 is 9.64 Å². The Labute approximate surface area is 85.5 Å². The molecule has 0 bridgehead atoms. The number of hydrogen-bond donors (Lipinski definition) is 0. The molecule has 80 valence electrons. The Morgan fingerprint density at radius 2 is 2.21 bits per heavy atom. The van der Waals surface area contributed by atoms with Crippen LogP contribution in [0.5, 0.6) is 0 Å². The highest BCUT2D eigenvalue weighted by Crippen LogP contribution is 2.17. The van der Waals surface area contributed by atoms with Crippen molar-refractivity contribution in [1.29, 1.82) is 5.26 Å². The Morgan fingerprint density at radius 1 is 1.71 bits per heavy atom. The van der Waals surface area contributed by atoms with E-state index in [4.69, 9.17) is 10.00 Å². The highest BCUT2D eigenvalue weighted by Gasteiger charge is 2.35. The highest BCUT2D eigenvalue weighted by molar-refractivity contribution is 5.85. The lowest BCUT2D eigenvalue weighted by atomic mass is 10.0. The number of rotatable bonds is 4. The zero-order chi connectivity index (χ0) is 11.4. The van der Waals surface area contributed by atoms with Gasteiger partial charge in [0.25, 0.3) is 5.91 Å². The van der Waals surface area contributed by atoms with Crippen LogP contribution < -0.4 is 0 Å². The Balaban J connectivity index is 4.69. The van der Waals surface area contributed by atoms with Crippen molar-refractivity contribution < 1.29 is 9.53 Å². The average molecular weight is 198 g/mol. The highest BCUT2D eigenvalue weighted by atomic mass is 16.5. The molecule has 0 aromatic carbocycles. The zero-order valence-corrected chi connectivity index (χ0v) is 9.50. The molecule has 2 atom stereocenters. The number of methoxy groups -OCH3 is 1. The molecule has 0 radical (unpaired) electrons. The van der Waals surface area contributed by atoms with Gasteiger partial charge in [-0.1, -0.05) is 6.92 Å². The molecule has 0 rings (SSSR count). The molecule has 0 N–H and O–H groups in total. The van der Waals surface area contributed by atoms with E-state index < -0.39 is 11.6 Å². The minimum atomic E-state index is -0.820. The Kier molecular flexibility index (Phi) is 4.58. The van der Waals surface area contributed by atoms with Crippen molar-refractivity contribution in [3.8, 4) is 6.07 Å². The van der Waals surface area contributed by atoms with E-state index in [2.05, 4.69) is 0 Å². The van der Waals surface area contributed by atoms with E-state index in [1.165, 1.54) is 12.0 Å². The van der Waals surface area contributed by atoms with Crippen molar-refractivity contribution in [2.24, 2.45) is 0 Å². The maximum atomic E-state index is 11.9. The normalized spacial score (nSPS) is 16.6. The van der Waals surface area contributed by atoms with E-state index in [0.29, 0.717) is 6.42 Å². The van der Waals surface area contributed by atoms with E-state index >= 15 is 0 Å². The second-order valence-electron chi connectivity index (χ2n) is 3.51. The van der Waals surface area contributed by atoms with Crippen LogP contribution in [0.25, 0.3) is 0 Å². The molecule has 14 heavy (non-hydrogen) atoms. The van der Waals surface area contributed by atoms with E-state index in [-0.39, 0.29) is 5.91 Å². The number of hydrogen-bond acceptors (Lipinski definition) is 3. The second kappa shape index (κ2) is 4.97. The molecule has 4 nitrogen and oxygen atoms in total. The van der Waals surface area contributed by atoms with Crippen molar-refractivity contribution >= 4 is 5.91 Å². The van der Waals surface area contributed by atoms with E-state index in [1.807, 2.05) is 13.0 Å². The first-order valence-electron chi connectivity index (χ1n) is 4.65. The van der Waals surface area contributed by atoms with Gasteiger partial charge in [-0.2, -0.15) is 5.26 Å². The van der Waals surface area contributed by atoms with Crippen LogP contribution in [-0.2, 0) is 9.53 Å². The number of likely N-dealkylation sites (N-methyl/N-ethyl adjacent to an activating group) is 1. The number of carbonyl (C=O) groups is 1. The summed E-state index contributed by atoms with van der Waals surface area (Å²) < 4.78 is 5.16. The molecule has 4 heteroatoms. The third-order valence-corrected chi connectivity index (χ3v) is 2.67. The Hall–Kier alpha value is -1.08. The fraction of sp³-hybridized carbons (Fsp3) is 0.800. The molecular weight excluding hydrogens is 180 g/mol. The van der Waals surface area contributed by atoms with Crippen LogP contribution in [0, 0.1) is 11.3 Å². The van der Waals surface area contributed by atoms with Crippen LogP contribution in [0.4, 0.5) is 0 Å². The van der Waals surface area contributed by atoms with E-state index in [9.17, 15) is 4.79 Å². The van der Waals surface area contributed by atoms with Gasteiger partial charge in [-0.05, 0) is 20.3 Å². The number of carbonyl (C=O) groups excluding carboxylic acids is 1. The lowest BCUT2D eigenvalue weighted by Crippen LogP contribution is -2.49. The van der Waals surface area contributed by atoms with Gasteiger partial charge in [0, 0.05) is 14.2 Å². The summed E-state index contributed by atoms with van der Waals surface area (Å²) >= 11 is 0. The molecule has 0 fully saturated rings. The molecule has 1 amide bonds. The van der Waals surface area contributed by atoms with Crippen LogP contribution in [0.2, 0.25) is 0 Å². The molecule has 0 aromatic heterocycles. The van der Waals surface area contributed by atoms with Crippen molar-refractivity contribution in [2.45, 2.75) is 38.8 Å². The third-order valence-electron chi connectivity index (χ3n) is 2.67. The third kappa shape index (κ3) is 2.46. The fourth-order valence-electron chi connectivity index (χ4n) is 1.02. The predicted octanol–water partition coefficient (Wildman–Crippen LogP) is 1.17. The summed E-state index contributed by atoms with van der Waals surface area (Å²) in [7, 11) is 3.12. The molecule has 0 aliphatic carbocycles. The monoisotopic (exact) mass is 198 g/mol. The Bertz CT molecular complexity index is 241. The zero-order valence-electron chi connectivity index (χ0n) is 9.50. The molecule has 2 unspecified atom stereocenters. The minimum Gasteiger partial charge on any atom is -0.369 e. The number of amides is 1. The minimum absolute atomic E-state index is 0.156. The number of nitrogens with zero attached hydrogens (tertiary/aromatic N) is 2. The first kappa shape index (κ1) is 12.9. The Morgan fingerprint density at radius 3 is 2.50 bits per heavy atom. The SMILES string of the molecule is CCC(C)(OC)C(=O)N(C)C(C)C#N. The van der Waals surface area contributed by atoms with E-state index in [0.717, 1.165) is 0 Å². The van der Waals surface area contributed by atoms with Gasteiger partial charge in [0.05, 0.1) is 6.07 Å². The van der Waals surface area contributed by atoms with Gasteiger partial charge >= 0.3 is 0 Å². The van der Waals surface area contributed by atoms with Gasteiger partial charge in [0.15, 0.2) is 0 Å². The fourth-order valence-corrected chi connectivity index (χ4v) is 1.02. The molecule has 0 saturated heterocycles. The van der Waals surface area contributed by atoms with Crippen LogP contribution in [0.3, 0.4) is 0 Å². The van der Waals surface area contributed by atoms with Crippen molar-refractivity contribution in [3.63, 3.8) is 0 Å². The predicted molar refractivity (Wildman–Crippen MR) is 53.6 cm³/mol. The summed E-state index contributed by atoms with van der Waals surface area (Å²) in [5, 5.41) is 8.68. The van der Waals surface area contributed by atoms with E-state index in [1.54, 1.807) is 20.9 Å². The average Bonchev–Trinajstić information content (AvgIpc) is 2.24. The van der Waals surface area contributed by atoms with Crippen molar-refractivity contribution in [2.75, 3.05) is 14.2 Å². The lowest BCUT2D eigenvalue weighted by molar-refractivity contribution is -0.152. The molecular formula is C10H18N2O2. The van der Waals surface area contributed by atoms with Gasteiger partial charge in [0.2, 0.25) is 0 Å². The van der Waals surface area contributed by atoms with Gasteiger partial charge in [0.1, 0.15) is 11.6 Å². The first-order valence-corrected chi connectivity index (χ1v) is 4.65. The number of ether oxygens (including phenoxy) is 1.